The van der Waals surface area contributed by atoms with Crippen LogP contribution in [0, 0.1) is 0 Å². The molecule has 1 aliphatic rings. The lowest BCUT2D eigenvalue weighted by molar-refractivity contribution is 0.978. The van der Waals surface area contributed by atoms with Gasteiger partial charge in [0.1, 0.15) is 11.5 Å². The lowest BCUT2D eigenvalue weighted by atomic mass is 10.2. The van der Waals surface area contributed by atoms with Gasteiger partial charge in [0.2, 0.25) is 0 Å². The lowest BCUT2D eigenvalue weighted by Gasteiger charge is -2.08. The fraction of sp³-hybridized carbons (Fsp3) is 0.250. The smallest absolute Gasteiger partial charge is 0.182 e. The molecule has 3 rings (SSSR count). The summed E-state index contributed by atoms with van der Waals surface area (Å²) in [6.45, 7) is 0. The summed E-state index contributed by atoms with van der Waals surface area (Å²) in [5.74, 6) is 1.40. The van der Waals surface area contributed by atoms with Gasteiger partial charge in [0, 0.05) is 12.1 Å². The van der Waals surface area contributed by atoms with E-state index in [-0.39, 0.29) is 0 Å². The summed E-state index contributed by atoms with van der Waals surface area (Å²) in [5, 5.41) is 0.529. The topological polar surface area (TPSA) is 64.7 Å². The van der Waals surface area contributed by atoms with Gasteiger partial charge in [-0.3, -0.25) is 4.98 Å². The molecule has 2 aromatic rings. The molecule has 0 aliphatic heterocycles. The van der Waals surface area contributed by atoms with E-state index in [9.17, 15) is 0 Å². The van der Waals surface area contributed by atoms with E-state index in [1.54, 1.807) is 18.3 Å². The minimum atomic E-state index is 0.434. The highest BCUT2D eigenvalue weighted by Gasteiger charge is 2.29. The summed E-state index contributed by atoms with van der Waals surface area (Å²) in [5.41, 5.74) is 7.43. The average molecular weight is 326 g/mol. The number of rotatable bonds is 2. The second kappa shape index (κ2) is 4.48. The Kier molecular flexibility index (Phi) is 2.95. The number of nitrogens with two attached hydrogens (primary N) is 1. The maximum Gasteiger partial charge on any atom is 0.182 e. The van der Waals surface area contributed by atoms with E-state index in [2.05, 4.69) is 30.9 Å². The van der Waals surface area contributed by atoms with Crippen molar-refractivity contribution in [3.8, 4) is 11.5 Å². The Labute approximate surface area is 118 Å². The Morgan fingerprint density at radius 1 is 1.33 bits per heavy atom. The third-order valence-corrected chi connectivity index (χ3v) is 3.95. The van der Waals surface area contributed by atoms with Crippen LogP contribution < -0.4 is 5.73 Å². The van der Waals surface area contributed by atoms with Gasteiger partial charge in [-0.1, -0.05) is 11.6 Å². The standard InChI is InChI=1S/C12H10BrClN4/c13-8-9(6-3-4-6)17-12(18-11(8)15)10-7(14)2-1-5-16-10/h1-2,5-6H,3-4H2,(H2,15,17,18). The van der Waals surface area contributed by atoms with Crippen LogP contribution >= 0.6 is 27.5 Å². The molecule has 0 amide bonds. The predicted molar refractivity (Wildman–Crippen MR) is 74.4 cm³/mol. The van der Waals surface area contributed by atoms with Gasteiger partial charge in [-0.15, -0.1) is 0 Å². The maximum absolute atomic E-state index is 6.10. The van der Waals surface area contributed by atoms with Crippen molar-refractivity contribution in [3.63, 3.8) is 0 Å². The zero-order chi connectivity index (χ0) is 12.7. The summed E-state index contributed by atoms with van der Waals surface area (Å²) in [4.78, 5) is 13.0. The SMILES string of the molecule is Nc1nc(-c2ncccc2Cl)nc(C2CC2)c1Br. The Hall–Kier alpha value is -1.20. The normalized spacial score (nSPS) is 14.8. The molecule has 2 heterocycles. The third kappa shape index (κ3) is 2.08. The molecule has 0 bridgehead atoms. The molecule has 1 fully saturated rings. The minimum Gasteiger partial charge on any atom is -0.383 e. The summed E-state index contributed by atoms with van der Waals surface area (Å²) in [6.07, 6.45) is 3.95. The van der Waals surface area contributed by atoms with E-state index >= 15 is 0 Å². The van der Waals surface area contributed by atoms with Crippen LogP contribution in [0.2, 0.25) is 5.02 Å². The summed E-state index contributed by atoms with van der Waals surface area (Å²) >= 11 is 9.55. The van der Waals surface area contributed by atoms with Gasteiger partial charge in [0.15, 0.2) is 5.82 Å². The van der Waals surface area contributed by atoms with E-state index in [1.165, 1.54) is 0 Å². The van der Waals surface area contributed by atoms with Crippen LogP contribution in [-0.4, -0.2) is 15.0 Å². The minimum absolute atomic E-state index is 0.434. The first-order valence-corrected chi connectivity index (χ1v) is 6.77. The number of hydrogen-bond donors (Lipinski definition) is 1. The number of nitrogen functional groups attached to an aromatic ring is 1. The van der Waals surface area contributed by atoms with Crippen molar-refractivity contribution in [2.45, 2.75) is 18.8 Å². The first kappa shape index (κ1) is 11.9. The molecule has 18 heavy (non-hydrogen) atoms. The largest absolute Gasteiger partial charge is 0.383 e. The maximum atomic E-state index is 6.10. The molecular weight excluding hydrogens is 316 g/mol. The number of halogens is 2. The van der Waals surface area contributed by atoms with Gasteiger partial charge in [0.25, 0.3) is 0 Å². The van der Waals surface area contributed by atoms with Gasteiger partial charge in [-0.2, -0.15) is 0 Å². The third-order valence-electron chi connectivity index (χ3n) is 2.84. The molecule has 2 N–H and O–H groups in total. The second-order valence-corrected chi connectivity index (χ2v) is 5.44. The number of anilines is 1. The highest BCUT2D eigenvalue weighted by Crippen LogP contribution is 2.44. The van der Waals surface area contributed by atoms with Crippen molar-refractivity contribution in [2.75, 3.05) is 5.73 Å². The van der Waals surface area contributed by atoms with Crippen LogP contribution in [0.4, 0.5) is 5.82 Å². The number of pyridine rings is 1. The fourth-order valence-electron chi connectivity index (χ4n) is 1.77. The number of aromatic nitrogens is 3. The van der Waals surface area contributed by atoms with Crippen LogP contribution in [0.5, 0.6) is 0 Å². The van der Waals surface area contributed by atoms with E-state index in [1.807, 2.05) is 0 Å². The van der Waals surface area contributed by atoms with Gasteiger partial charge < -0.3 is 5.73 Å². The van der Waals surface area contributed by atoms with Gasteiger partial charge in [-0.05, 0) is 40.9 Å². The molecule has 0 saturated heterocycles. The molecule has 1 aliphatic carbocycles. The zero-order valence-electron chi connectivity index (χ0n) is 9.40. The van der Waals surface area contributed by atoms with Gasteiger partial charge in [-0.25, -0.2) is 9.97 Å². The second-order valence-electron chi connectivity index (χ2n) is 4.24. The Morgan fingerprint density at radius 2 is 2.11 bits per heavy atom. The molecule has 0 spiro atoms. The molecule has 1 saturated carbocycles. The van der Waals surface area contributed by atoms with Crippen molar-refractivity contribution >= 4 is 33.3 Å². The molecule has 0 atom stereocenters. The van der Waals surface area contributed by atoms with Crippen LogP contribution in [-0.2, 0) is 0 Å². The first-order valence-electron chi connectivity index (χ1n) is 5.60. The molecule has 6 heteroatoms. The average Bonchev–Trinajstić information content (AvgIpc) is 3.17. The molecular formula is C12H10BrClN4. The fourth-order valence-corrected chi connectivity index (χ4v) is 2.47. The van der Waals surface area contributed by atoms with Crippen LogP contribution in [0.3, 0.4) is 0 Å². The molecule has 2 aromatic heterocycles. The van der Waals surface area contributed by atoms with Crippen molar-refractivity contribution in [3.05, 3.63) is 33.5 Å². The molecule has 0 radical (unpaired) electrons. The van der Waals surface area contributed by atoms with Crippen molar-refractivity contribution in [1.29, 1.82) is 0 Å². The Morgan fingerprint density at radius 3 is 2.78 bits per heavy atom. The summed E-state index contributed by atoms with van der Waals surface area (Å²) in [7, 11) is 0. The van der Waals surface area contributed by atoms with E-state index in [0.717, 1.165) is 23.0 Å². The molecule has 4 nitrogen and oxygen atoms in total. The number of hydrogen-bond acceptors (Lipinski definition) is 4. The van der Waals surface area contributed by atoms with Crippen LogP contribution in [0.1, 0.15) is 24.5 Å². The molecule has 92 valence electrons. The first-order chi connectivity index (χ1) is 8.66. The summed E-state index contributed by atoms with van der Waals surface area (Å²) in [6, 6.07) is 3.54. The van der Waals surface area contributed by atoms with Crippen LogP contribution in [0.15, 0.2) is 22.8 Å². The van der Waals surface area contributed by atoms with Gasteiger partial charge in [0.05, 0.1) is 15.2 Å². The van der Waals surface area contributed by atoms with Crippen molar-refractivity contribution < 1.29 is 0 Å². The van der Waals surface area contributed by atoms with Crippen molar-refractivity contribution in [2.24, 2.45) is 0 Å². The predicted octanol–water partition coefficient (Wildman–Crippen LogP) is 3.41. The van der Waals surface area contributed by atoms with Gasteiger partial charge >= 0.3 is 0 Å². The zero-order valence-corrected chi connectivity index (χ0v) is 11.7. The molecule has 0 aromatic carbocycles. The highest BCUT2D eigenvalue weighted by molar-refractivity contribution is 9.10. The monoisotopic (exact) mass is 324 g/mol. The Balaban J connectivity index is 2.16. The Bertz CT molecular complexity index is 613. The highest BCUT2D eigenvalue weighted by atomic mass is 79.9. The number of nitrogens with zero attached hydrogens (tertiary/aromatic N) is 3. The van der Waals surface area contributed by atoms with E-state index in [4.69, 9.17) is 17.3 Å². The quantitative estimate of drug-likeness (QED) is 0.919. The summed E-state index contributed by atoms with van der Waals surface area (Å²) < 4.78 is 0.792. The van der Waals surface area contributed by atoms with E-state index in [0.29, 0.717) is 28.3 Å². The lowest BCUT2D eigenvalue weighted by Crippen LogP contribution is -2.03. The molecule has 0 unspecified atom stereocenters. The van der Waals surface area contributed by atoms with Crippen LogP contribution in [0.25, 0.3) is 11.5 Å². The van der Waals surface area contributed by atoms with Crippen molar-refractivity contribution in [1.82, 2.24) is 15.0 Å². The van der Waals surface area contributed by atoms with E-state index < -0.39 is 0 Å².